The summed E-state index contributed by atoms with van der Waals surface area (Å²) < 4.78 is 15.5. The number of likely N-dealkylation sites (tertiary alicyclic amines) is 1. The molecule has 2 amide bonds. The van der Waals surface area contributed by atoms with Gasteiger partial charge in [0, 0.05) is 37.8 Å². The molecule has 2 aliphatic rings. The number of rotatable bonds is 3. The van der Waals surface area contributed by atoms with E-state index in [2.05, 4.69) is 5.10 Å². The molecule has 0 bridgehead atoms. The minimum Gasteiger partial charge on any atom is -0.337 e. The smallest absolute Gasteiger partial charge is 0.274 e. The maximum atomic E-state index is 13.9. The van der Waals surface area contributed by atoms with Crippen molar-refractivity contribution in [3.63, 3.8) is 0 Å². The van der Waals surface area contributed by atoms with E-state index in [0.717, 1.165) is 32.4 Å². The molecule has 0 spiro atoms. The van der Waals surface area contributed by atoms with Gasteiger partial charge in [0.05, 0.1) is 6.54 Å². The van der Waals surface area contributed by atoms with Crippen LogP contribution in [0.1, 0.15) is 45.8 Å². The van der Waals surface area contributed by atoms with Gasteiger partial charge in [0.25, 0.3) is 11.8 Å². The molecule has 1 aromatic carbocycles. The Morgan fingerprint density at radius 1 is 1.08 bits per heavy atom. The SMILES string of the molecule is O=C(c1cc2n(n1)CCN(Cc1ccccc1F)C2=O)N1CCCCC1. The number of hydrogen-bond acceptors (Lipinski definition) is 3. The lowest BCUT2D eigenvalue weighted by Crippen LogP contribution is -2.40. The van der Waals surface area contributed by atoms with Crippen molar-refractivity contribution >= 4 is 11.8 Å². The topological polar surface area (TPSA) is 58.4 Å². The standard InChI is InChI=1S/C19H21FN4O2/c20-15-7-3-2-6-14(15)13-23-10-11-24-17(19(23)26)12-16(21-24)18(25)22-8-4-1-5-9-22/h2-3,6-7,12H,1,4-5,8-11,13H2. The van der Waals surface area contributed by atoms with Crippen LogP contribution in [0.5, 0.6) is 0 Å². The fourth-order valence-electron chi connectivity index (χ4n) is 3.58. The third-order valence-corrected chi connectivity index (χ3v) is 5.05. The van der Waals surface area contributed by atoms with Crippen LogP contribution in [0, 0.1) is 5.82 Å². The number of fused-ring (bicyclic) bond motifs is 1. The van der Waals surface area contributed by atoms with Gasteiger partial charge >= 0.3 is 0 Å². The van der Waals surface area contributed by atoms with Gasteiger partial charge in [-0.25, -0.2) is 4.39 Å². The van der Waals surface area contributed by atoms with E-state index in [0.29, 0.717) is 30.0 Å². The van der Waals surface area contributed by atoms with Gasteiger partial charge in [0.2, 0.25) is 0 Å². The van der Waals surface area contributed by atoms with E-state index in [1.807, 2.05) is 0 Å². The normalized spacial score (nSPS) is 17.3. The maximum Gasteiger partial charge on any atom is 0.274 e. The highest BCUT2D eigenvalue weighted by atomic mass is 19.1. The van der Waals surface area contributed by atoms with Crippen LogP contribution in [0.2, 0.25) is 0 Å². The number of piperidine rings is 1. The van der Waals surface area contributed by atoms with Crippen LogP contribution in [-0.2, 0) is 13.1 Å². The first kappa shape index (κ1) is 16.8. The molecule has 0 atom stereocenters. The molecule has 4 rings (SSSR count). The second kappa shape index (κ2) is 6.90. The summed E-state index contributed by atoms with van der Waals surface area (Å²) in [6.45, 7) is 2.65. The summed E-state index contributed by atoms with van der Waals surface area (Å²) in [4.78, 5) is 28.8. The largest absolute Gasteiger partial charge is 0.337 e. The number of halogens is 1. The summed E-state index contributed by atoms with van der Waals surface area (Å²) in [6, 6.07) is 8.03. The van der Waals surface area contributed by atoms with Crippen LogP contribution in [-0.4, -0.2) is 51.0 Å². The molecule has 0 unspecified atom stereocenters. The van der Waals surface area contributed by atoms with E-state index in [4.69, 9.17) is 0 Å². The number of carbonyl (C=O) groups is 2. The van der Waals surface area contributed by atoms with Gasteiger partial charge in [-0.05, 0) is 25.3 Å². The Balaban J connectivity index is 1.52. The van der Waals surface area contributed by atoms with Gasteiger partial charge in [-0.2, -0.15) is 5.10 Å². The molecule has 136 valence electrons. The molecule has 7 heteroatoms. The summed E-state index contributed by atoms with van der Waals surface area (Å²) in [5, 5.41) is 4.34. The fourth-order valence-corrected chi connectivity index (χ4v) is 3.58. The van der Waals surface area contributed by atoms with Crippen LogP contribution in [0.15, 0.2) is 30.3 Å². The Kier molecular flexibility index (Phi) is 4.44. The average molecular weight is 356 g/mol. The van der Waals surface area contributed by atoms with E-state index in [9.17, 15) is 14.0 Å². The van der Waals surface area contributed by atoms with Crippen molar-refractivity contribution in [3.05, 3.63) is 53.1 Å². The highest BCUT2D eigenvalue weighted by molar-refractivity contribution is 5.98. The number of aromatic nitrogens is 2. The third kappa shape index (κ3) is 3.09. The van der Waals surface area contributed by atoms with Gasteiger partial charge < -0.3 is 9.80 Å². The van der Waals surface area contributed by atoms with E-state index in [1.54, 1.807) is 38.7 Å². The molecule has 1 fully saturated rings. The Bertz CT molecular complexity index is 842. The molecular weight excluding hydrogens is 335 g/mol. The van der Waals surface area contributed by atoms with Crippen molar-refractivity contribution in [2.24, 2.45) is 0 Å². The number of carbonyl (C=O) groups excluding carboxylic acids is 2. The van der Waals surface area contributed by atoms with E-state index in [-0.39, 0.29) is 24.2 Å². The van der Waals surface area contributed by atoms with E-state index >= 15 is 0 Å². The summed E-state index contributed by atoms with van der Waals surface area (Å²) in [7, 11) is 0. The molecule has 2 aromatic rings. The van der Waals surface area contributed by atoms with Crippen LogP contribution in [0.25, 0.3) is 0 Å². The van der Waals surface area contributed by atoms with Crippen molar-refractivity contribution in [2.45, 2.75) is 32.4 Å². The molecular formula is C19H21FN4O2. The first-order chi connectivity index (χ1) is 12.6. The second-order valence-electron chi connectivity index (χ2n) is 6.81. The highest BCUT2D eigenvalue weighted by Gasteiger charge is 2.30. The maximum absolute atomic E-state index is 13.9. The number of hydrogen-bond donors (Lipinski definition) is 0. The molecule has 6 nitrogen and oxygen atoms in total. The highest BCUT2D eigenvalue weighted by Crippen LogP contribution is 2.19. The van der Waals surface area contributed by atoms with Gasteiger partial charge in [-0.15, -0.1) is 0 Å². The molecule has 0 aliphatic carbocycles. The van der Waals surface area contributed by atoms with Crippen LogP contribution in [0.3, 0.4) is 0 Å². The zero-order chi connectivity index (χ0) is 18.1. The van der Waals surface area contributed by atoms with Gasteiger partial charge in [-0.3, -0.25) is 14.3 Å². The van der Waals surface area contributed by atoms with E-state index < -0.39 is 0 Å². The van der Waals surface area contributed by atoms with Crippen molar-refractivity contribution in [1.29, 1.82) is 0 Å². The number of nitrogens with zero attached hydrogens (tertiary/aromatic N) is 4. The zero-order valence-corrected chi connectivity index (χ0v) is 14.5. The predicted molar refractivity (Wildman–Crippen MR) is 93.1 cm³/mol. The summed E-state index contributed by atoms with van der Waals surface area (Å²) in [6.07, 6.45) is 3.16. The van der Waals surface area contributed by atoms with Gasteiger partial charge in [-0.1, -0.05) is 18.2 Å². The number of amides is 2. The molecule has 2 aliphatic heterocycles. The van der Waals surface area contributed by atoms with Crippen LogP contribution >= 0.6 is 0 Å². The van der Waals surface area contributed by atoms with Crippen molar-refractivity contribution in [3.8, 4) is 0 Å². The molecule has 1 aromatic heterocycles. The number of benzene rings is 1. The van der Waals surface area contributed by atoms with Crippen LogP contribution in [0.4, 0.5) is 4.39 Å². The lowest BCUT2D eigenvalue weighted by atomic mass is 10.1. The first-order valence-electron chi connectivity index (χ1n) is 9.03. The van der Waals surface area contributed by atoms with Gasteiger partial charge in [0.15, 0.2) is 5.69 Å². The molecule has 0 N–H and O–H groups in total. The van der Waals surface area contributed by atoms with Gasteiger partial charge in [0.1, 0.15) is 11.5 Å². The minimum atomic E-state index is -0.319. The van der Waals surface area contributed by atoms with E-state index in [1.165, 1.54) is 6.07 Å². The Morgan fingerprint density at radius 3 is 2.62 bits per heavy atom. The first-order valence-corrected chi connectivity index (χ1v) is 9.03. The molecule has 1 saturated heterocycles. The Morgan fingerprint density at radius 2 is 1.85 bits per heavy atom. The lowest BCUT2D eigenvalue weighted by molar-refractivity contribution is 0.0677. The van der Waals surface area contributed by atoms with Crippen LogP contribution < -0.4 is 0 Å². The average Bonchev–Trinajstić information content (AvgIpc) is 3.11. The second-order valence-corrected chi connectivity index (χ2v) is 6.81. The summed E-state index contributed by atoms with van der Waals surface area (Å²) in [5.74, 6) is -0.648. The third-order valence-electron chi connectivity index (χ3n) is 5.05. The lowest BCUT2D eigenvalue weighted by Gasteiger charge is -2.27. The monoisotopic (exact) mass is 356 g/mol. The summed E-state index contributed by atoms with van der Waals surface area (Å²) >= 11 is 0. The molecule has 3 heterocycles. The van der Waals surface area contributed by atoms with Crippen molar-refractivity contribution < 1.29 is 14.0 Å². The van der Waals surface area contributed by atoms with Crippen molar-refractivity contribution in [2.75, 3.05) is 19.6 Å². The predicted octanol–water partition coefficient (Wildman–Crippen LogP) is 2.30. The molecule has 0 saturated carbocycles. The summed E-state index contributed by atoms with van der Waals surface area (Å²) in [5.41, 5.74) is 1.20. The zero-order valence-electron chi connectivity index (χ0n) is 14.5. The molecule has 26 heavy (non-hydrogen) atoms. The fraction of sp³-hybridized carbons (Fsp3) is 0.421. The quantitative estimate of drug-likeness (QED) is 0.848. The van der Waals surface area contributed by atoms with Crippen molar-refractivity contribution in [1.82, 2.24) is 19.6 Å². The Labute approximate surface area is 151 Å². The minimum absolute atomic E-state index is 0.111. The molecule has 0 radical (unpaired) electrons. The Hall–Kier alpha value is -2.70.